The molecule has 1 atom stereocenters. The van der Waals surface area contributed by atoms with Crippen molar-refractivity contribution in [2.24, 2.45) is 0 Å². The minimum Gasteiger partial charge on any atom is -0.488 e. The Morgan fingerprint density at radius 2 is 2.05 bits per heavy atom. The Balaban J connectivity index is 2.17. The van der Waals surface area contributed by atoms with Crippen molar-refractivity contribution in [2.75, 3.05) is 0 Å². The van der Waals surface area contributed by atoms with Crippen LogP contribution in [-0.4, -0.2) is 5.11 Å². The van der Waals surface area contributed by atoms with Gasteiger partial charge in [-0.2, -0.15) is 0 Å². The summed E-state index contributed by atoms with van der Waals surface area (Å²) in [5.74, 6) is 0.671. The van der Waals surface area contributed by atoms with E-state index in [1.165, 1.54) is 0 Å². The zero-order chi connectivity index (χ0) is 13.8. The summed E-state index contributed by atoms with van der Waals surface area (Å²) in [4.78, 5) is 0. The number of rotatable bonds is 4. The van der Waals surface area contributed by atoms with Gasteiger partial charge in [0.25, 0.3) is 0 Å². The van der Waals surface area contributed by atoms with Crippen LogP contribution < -0.4 is 4.74 Å². The molecule has 2 aromatic carbocycles. The number of hydrogen-bond acceptors (Lipinski definition) is 2. The molecule has 0 fully saturated rings. The molecule has 0 aromatic heterocycles. The number of aliphatic hydroxyl groups is 1. The molecule has 4 heteroatoms. The Labute approximate surface area is 126 Å². The van der Waals surface area contributed by atoms with E-state index in [1.54, 1.807) is 6.92 Å². The predicted molar refractivity (Wildman–Crippen MR) is 80.6 cm³/mol. The molecular weight excluding hydrogens is 328 g/mol. The smallest absolute Gasteiger partial charge is 0.126 e. The Bertz CT molecular complexity index is 570. The van der Waals surface area contributed by atoms with Gasteiger partial charge in [0.05, 0.1) is 6.10 Å². The van der Waals surface area contributed by atoms with E-state index in [2.05, 4.69) is 15.9 Å². The molecule has 0 aliphatic heterocycles. The van der Waals surface area contributed by atoms with Gasteiger partial charge in [-0.05, 0) is 36.8 Å². The molecule has 2 rings (SSSR count). The molecule has 0 saturated heterocycles. The maximum absolute atomic E-state index is 9.72. The summed E-state index contributed by atoms with van der Waals surface area (Å²) in [6.45, 7) is 2.13. The van der Waals surface area contributed by atoms with Crippen molar-refractivity contribution in [3.8, 4) is 5.75 Å². The van der Waals surface area contributed by atoms with Gasteiger partial charge in [0.2, 0.25) is 0 Å². The molecule has 0 bridgehead atoms. The van der Waals surface area contributed by atoms with Crippen molar-refractivity contribution >= 4 is 27.5 Å². The average Bonchev–Trinajstić information content (AvgIpc) is 2.36. The highest BCUT2D eigenvalue weighted by molar-refractivity contribution is 9.10. The summed E-state index contributed by atoms with van der Waals surface area (Å²) < 4.78 is 6.69. The first kappa shape index (κ1) is 14.4. The lowest BCUT2D eigenvalue weighted by molar-refractivity contribution is 0.190. The standard InChI is InChI=1S/C15H14BrClO2/c1-10(18)14-6-5-12(16)8-15(14)19-9-11-3-2-4-13(17)7-11/h2-8,10,18H,9H2,1H3. The van der Waals surface area contributed by atoms with Crippen molar-refractivity contribution in [3.63, 3.8) is 0 Å². The highest BCUT2D eigenvalue weighted by atomic mass is 79.9. The summed E-state index contributed by atoms with van der Waals surface area (Å²) in [6, 6.07) is 13.1. The van der Waals surface area contributed by atoms with Crippen LogP contribution in [0.25, 0.3) is 0 Å². The highest BCUT2D eigenvalue weighted by Crippen LogP contribution is 2.29. The lowest BCUT2D eigenvalue weighted by Gasteiger charge is -2.14. The number of ether oxygens (including phenoxy) is 1. The lowest BCUT2D eigenvalue weighted by Crippen LogP contribution is -2.01. The molecule has 2 aromatic rings. The molecule has 0 saturated carbocycles. The largest absolute Gasteiger partial charge is 0.488 e. The van der Waals surface area contributed by atoms with E-state index in [9.17, 15) is 5.11 Å². The molecule has 100 valence electrons. The van der Waals surface area contributed by atoms with Crippen LogP contribution in [0.3, 0.4) is 0 Å². The molecule has 2 nitrogen and oxygen atoms in total. The van der Waals surface area contributed by atoms with Gasteiger partial charge in [0, 0.05) is 15.1 Å². The quantitative estimate of drug-likeness (QED) is 0.870. The van der Waals surface area contributed by atoms with E-state index in [-0.39, 0.29) is 0 Å². The molecule has 1 N–H and O–H groups in total. The van der Waals surface area contributed by atoms with Crippen LogP contribution >= 0.6 is 27.5 Å². The maximum atomic E-state index is 9.72. The van der Waals surface area contributed by atoms with Gasteiger partial charge < -0.3 is 9.84 Å². The van der Waals surface area contributed by atoms with Crippen LogP contribution in [0.4, 0.5) is 0 Å². The molecule has 0 aliphatic rings. The summed E-state index contributed by atoms with van der Waals surface area (Å²) in [7, 11) is 0. The van der Waals surface area contributed by atoms with Crippen LogP contribution in [0.5, 0.6) is 5.75 Å². The minimum absolute atomic E-state index is 0.413. The van der Waals surface area contributed by atoms with Crippen LogP contribution in [0.1, 0.15) is 24.2 Å². The van der Waals surface area contributed by atoms with Crippen LogP contribution in [-0.2, 0) is 6.61 Å². The Kier molecular flexibility index (Phi) is 4.86. The number of hydrogen-bond donors (Lipinski definition) is 1. The zero-order valence-corrected chi connectivity index (χ0v) is 12.8. The van der Waals surface area contributed by atoms with E-state index >= 15 is 0 Å². The van der Waals surface area contributed by atoms with E-state index in [0.29, 0.717) is 17.4 Å². The van der Waals surface area contributed by atoms with Gasteiger partial charge in [-0.3, -0.25) is 0 Å². The fourth-order valence-electron chi connectivity index (χ4n) is 1.77. The summed E-state index contributed by atoms with van der Waals surface area (Å²) in [5, 5.41) is 10.4. The third-order valence-corrected chi connectivity index (χ3v) is 3.44. The van der Waals surface area contributed by atoms with Crippen molar-refractivity contribution in [2.45, 2.75) is 19.6 Å². The molecular formula is C15H14BrClO2. The Morgan fingerprint density at radius 1 is 1.26 bits per heavy atom. The number of aliphatic hydroxyl groups excluding tert-OH is 1. The normalized spacial score (nSPS) is 12.2. The molecule has 0 amide bonds. The first-order valence-electron chi connectivity index (χ1n) is 5.91. The molecule has 1 unspecified atom stereocenters. The first-order chi connectivity index (χ1) is 9.06. The average molecular weight is 342 g/mol. The Morgan fingerprint density at radius 3 is 2.74 bits per heavy atom. The van der Waals surface area contributed by atoms with E-state index < -0.39 is 6.10 Å². The third kappa shape index (κ3) is 3.96. The van der Waals surface area contributed by atoms with Gasteiger partial charge in [-0.1, -0.05) is 45.7 Å². The van der Waals surface area contributed by atoms with Gasteiger partial charge in [0.15, 0.2) is 0 Å². The summed E-state index contributed by atoms with van der Waals surface area (Å²) >= 11 is 9.33. The SMILES string of the molecule is CC(O)c1ccc(Br)cc1OCc1cccc(Cl)c1. The van der Waals surface area contributed by atoms with Gasteiger partial charge in [-0.15, -0.1) is 0 Å². The summed E-state index contributed by atoms with van der Waals surface area (Å²) in [5.41, 5.74) is 1.76. The van der Waals surface area contributed by atoms with Gasteiger partial charge in [0.1, 0.15) is 12.4 Å². The number of halogens is 2. The van der Waals surface area contributed by atoms with Crippen LogP contribution in [0.2, 0.25) is 5.02 Å². The predicted octanol–water partition coefficient (Wildman–Crippen LogP) is 4.73. The van der Waals surface area contributed by atoms with Crippen LogP contribution in [0, 0.1) is 0 Å². The van der Waals surface area contributed by atoms with Crippen molar-refractivity contribution in [1.29, 1.82) is 0 Å². The summed E-state index contributed by atoms with van der Waals surface area (Å²) in [6.07, 6.45) is -0.567. The zero-order valence-electron chi connectivity index (χ0n) is 10.4. The van der Waals surface area contributed by atoms with Crippen LogP contribution in [0.15, 0.2) is 46.9 Å². The van der Waals surface area contributed by atoms with E-state index in [1.807, 2.05) is 42.5 Å². The minimum atomic E-state index is -0.567. The lowest BCUT2D eigenvalue weighted by atomic mass is 10.1. The fourth-order valence-corrected chi connectivity index (χ4v) is 2.32. The molecule has 0 heterocycles. The molecule has 0 aliphatic carbocycles. The second kappa shape index (κ2) is 6.42. The van der Waals surface area contributed by atoms with E-state index in [0.717, 1.165) is 15.6 Å². The fraction of sp³-hybridized carbons (Fsp3) is 0.200. The first-order valence-corrected chi connectivity index (χ1v) is 7.08. The number of benzene rings is 2. The molecule has 0 radical (unpaired) electrons. The second-order valence-corrected chi connectivity index (χ2v) is 5.63. The highest BCUT2D eigenvalue weighted by Gasteiger charge is 2.10. The van der Waals surface area contributed by atoms with Gasteiger partial charge in [-0.25, -0.2) is 0 Å². The van der Waals surface area contributed by atoms with Crippen molar-refractivity contribution in [3.05, 3.63) is 63.1 Å². The van der Waals surface area contributed by atoms with Gasteiger partial charge >= 0.3 is 0 Å². The molecule has 19 heavy (non-hydrogen) atoms. The monoisotopic (exact) mass is 340 g/mol. The third-order valence-electron chi connectivity index (χ3n) is 2.71. The van der Waals surface area contributed by atoms with E-state index in [4.69, 9.17) is 16.3 Å². The molecule has 0 spiro atoms. The van der Waals surface area contributed by atoms with Crippen molar-refractivity contribution in [1.82, 2.24) is 0 Å². The maximum Gasteiger partial charge on any atom is 0.126 e. The second-order valence-electron chi connectivity index (χ2n) is 4.28. The van der Waals surface area contributed by atoms with Crippen molar-refractivity contribution < 1.29 is 9.84 Å². The topological polar surface area (TPSA) is 29.5 Å². The Hall–Kier alpha value is -1.03.